The molecule has 1 nitrogen and oxygen atoms in total. The number of nitrogens with zero attached hydrogens (tertiary/aromatic N) is 1. The second kappa shape index (κ2) is 5.06. The van der Waals surface area contributed by atoms with Gasteiger partial charge in [0.2, 0.25) is 0 Å². The average Bonchev–Trinajstić information content (AvgIpc) is 2.32. The van der Waals surface area contributed by atoms with Gasteiger partial charge >= 0.3 is 0 Å². The molecule has 0 aliphatic heterocycles. The Labute approximate surface area is 109 Å². The number of pyridine rings is 1. The van der Waals surface area contributed by atoms with Gasteiger partial charge in [0.05, 0.1) is 0 Å². The Hall–Kier alpha value is -2.07. The molecule has 1 aromatic carbocycles. The zero-order valence-electron chi connectivity index (χ0n) is 11.3. The van der Waals surface area contributed by atoms with Crippen molar-refractivity contribution in [2.75, 3.05) is 0 Å². The molecule has 2 aromatic rings. The first-order valence-electron chi connectivity index (χ1n) is 6.10. The minimum Gasteiger partial charge on any atom is -0.245 e. The summed E-state index contributed by atoms with van der Waals surface area (Å²) < 4.78 is 0. The molecule has 0 fully saturated rings. The van der Waals surface area contributed by atoms with Crippen LogP contribution in [-0.4, -0.2) is 4.98 Å². The van der Waals surface area contributed by atoms with E-state index in [4.69, 9.17) is 0 Å². The Morgan fingerprint density at radius 3 is 2.44 bits per heavy atom. The maximum atomic E-state index is 4.39. The van der Waals surface area contributed by atoms with Crippen LogP contribution in [0.15, 0.2) is 30.3 Å². The lowest BCUT2D eigenvalue weighted by atomic mass is 10.0. The fourth-order valence-corrected chi connectivity index (χ4v) is 1.91. The summed E-state index contributed by atoms with van der Waals surface area (Å²) in [6, 6.07) is 10.2. The third kappa shape index (κ3) is 2.78. The van der Waals surface area contributed by atoms with Gasteiger partial charge in [-0.25, -0.2) is 4.98 Å². The van der Waals surface area contributed by atoms with Crippen LogP contribution in [0.25, 0.3) is 0 Å². The lowest BCUT2D eigenvalue weighted by Gasteiger charge is -2.04. The first-order valence-corrected chi connectivity index (χ1v) is 6.10. The van der Waals surface area contributed by atoms with Gasteiger partial charge in [0.25, 0.3) is 0 Å². The molecule has 0 N–H and O–H groups in total. The Morgan fingerprint density at radius 2 is 1.72 bits per heavy atom. The molecule has 0 bridgehead atoms. The van der Waals surface area contributed by atoms with Gasteiger partial charge in [-0.15, -0.1) is 0 Å². The van der Waals surface area contributed by atoms with Crippen LogP contribution in [0.4, 0.5) is 0 Å². The number of hydrogen-bond donors (Lipinski definition) is 0. The van der Waals surface area contributed by atoms with Crippen LogP contribution < -0.4 is 0 Å². The first-order chi connectivity index (χ1) is 8.56. The van der Waals surface area contributed by atoms with Gasteiger partial charge in [-0.05, 0) is 68.5 Å². The van der Waals surface area contributed by atoms with E-state index in [9.17, 15) is 0 Å². The van der Waals surface area contributed by atoms with E-state index in [0.717, 1.165) is 17.0 Å². The van der Waals surface area contributed by atoms with Gasteiger partial charge < -0.3 is 0 Å². The molecule has 1 aromatic heterocycles. The smallest absolute Gasteiger partial charge is 0.113 e. The molecule has 1 heteroatoms. The Balaban J connectivity index is 2.41. The normalized spacial score (nSPS) is 9.78. The largest absolute Gasteiger partial charge is 0.245 e. The average molecular weight is 235 g/mol. The highest BCUT2D eigenvalue weighted by molar-refractivity contribution is 5.49. The highest BCUT2D eigenvalue weighted by Gasteiger charge is 1.99. The van der Waals surface area contributed by atoms with Crippen molar-refractivity contribution < 1.29 is 0 Å². The number of aromatic nitrogens is 1. The second-order valence-electron chi connectivity index (χ2n) is 4.67. The van der Waals surface area contributed by atoms with Gasteiger partial charge in [0, 0.05) is 11.3 Å². The SMILES string of the molecule is Cc1cc(C)c(C)c(C#Cc2cccc(C)n2)c1. The number of benzene rings is 1. The van der Waals surface area contributed by atoms with Crippen LogP contribution in [-0.2, 0) is 0 Å². The zero-order valence-corrected chi connectivity index (χ0v) is 11.3. The molecule has 0 atom stereocenters. The minimum atomic E-state index is 0.827. The number of hydrogen-bond acceptors (Lipinski definition) is 1. The van der Waals surface area contributed by atoms with Crippen molar-refractivity contribution in [2.24, 2.45) is 0 Å². The van der Waals surface area contributed by atoms with Crippen LogP contribution in [0.2, 0.25) is 0 Å². The Bertz CT molecular complexity index is 642. The van der Waals surface area contributed by atoms with Crippen molar-refractivity contribution in [1.82, 2.24) is 4.98 Å². The molecule has 0 saturated heterocycles. The van der Waals surface area contributed by atoms with Crippen molar-refractivity contribution >= 4 is 0 Å². The Kier molecular flexibility index (Phi) is 3.48. The van der Waals surface area contributed by atoms with E-state index < -0.39 is 0 Å². The number of rotatable bonds is 0. The molecule has 0 amide bonds. The van der Waals surface area contributed by atoms with Crippen molar-refractivity contribution in [3.63, 3.8) is 0 Å². The summed E-state index contributed by atoms with van der Waals surface area (Å²) in [6.07, 6.45) is 0. The second-order valence-corrected chi connectivity index (χ2v) is 4.67. The maximum Gasteiger partial charge on any atom is 0.113 e. The molecule has 0 radical (unpaired) electrons. The maximum absolute atomic E-state index is 4.39. The van der Waals surface area contributed by atoms with Crippen molar-refractivity contribution in [2.45, 2.75) is 27.7 Å². The van der Waals surface area contributed by atoms with Gasteiger partial charge in [0.1, 0.15) is 5.69 Å². The predicted molar refractivity (Wildman–Crippen MR) is 75.6 cm³/mol. The summed E-state index contributed by atoms with van der Waals surface area (Å²) in [6.45, 7) is 8.32. The monoisotopic (exact) mass is 235 g/mol. The van der Waals surface area contributed by atoms with Crippen LogP contribution in [0.5, 0.6) is 0 Å². The molecule has 0 aliphatic rings. The summed E-state index contributed by atoms with van der Waals surface area (Å²) >= 11 is 0. The molecule has 0 aliphatic carbocycles. The van der Waals surface area contributed by atoms with E-state index in [1.165, 1.54) is 16.7 Å². The molecular weight excluding hydrogens is 218 g/mol. The molecule has 90 valence electrons. The highest BCUT2D eigenvalue weighted by atomic mass is 14.7. The van der Waals surface area contributed by atoms with Crippen LogP contribution in [0, 0.1) is 39.5 Å². The van der Waals surface area contributed by atoms with Crippen LogP contribution >= 0.6 is 0 Å². The van der Waals surface area contributed by atoms with Crippen molar-refractivity contribution in [3.8, 4) is 11.8 Å². The molecule has 0 unspecified atom stereocenters. The van der Waals surface area contributed by atoms with E-state index in [2.05, 4.69) is 49.7 Å². The first kappa shape index (κ1) is 12.4. The summed E-state index contributed by atoms with van der Waals surface area (Å²) in [5.74, 6) is 6.36. The molecule has 0 spiro atoms. The molecular formula is C17H17N. The van der Waals surface area contributed by atoms with Gasteiger partial charge in [0.15, 0.2) is 0 Å². The van der Waals surface area contributed by atoms with E-state index in [1.807, 2.05) is 25.1 Å². The van der Waals surface area contributed by atoms with Gasteiger partial charge in [-0.2, -0.15) is 0 Å². The predicted octanol–water partition coefficient (Wildman–Crippen LogP) is 3.72. The third-order valence-corrected chi connectivity index (χ3v) is 3.03. The fraction of sp³-hybridized carbons (Fsp3) is 0.235. The quantitative estimate of drug-likeness (QED) is 0.634. The molecule has 18 heavy (non-hydrogen) atoms. The van der Waals surface area contributed by atoms with Crippen LogP contribution in [0.3, 0.4) is 0 Å². The van der Waals surface area contributed by atoms with E-state index in [1.54, 1.807) is 0 Å². The van der Waals surface area contributed by atoms with E-state index >= 15 is 0 Å². The Morgan fingerprint density at radius 1 is 0.944 bits per heavy atom. The molecule has 0 saturated carbocycles. The summed E-state index contributed by atoms with van der Waals surface area (Å²) in [5.41, 5.74) is 6.71. The van der Waals surface area contributed by atoms with Gasteiger partial charge in [-0.3, -0.25) is 0 Å². The van der Waals surface area contributed by atoms with Crippen LogP contribution in [0.1, 0.15) is 33.6 Å². The lowest BCUT2D eigenvalue weighted by Crippen LogP contribution is -1.90. The zero-order chi connectivity index (χ0) is 13.1. The molecule has 1 heterocycles. The molecule has 2 rings (SSSR count). The standard InChI is InChI=1S/C17H17N/c1-12-10-13(2)15(4)16(11-12)8-9-17-7-5-6-14(3)18-17/h5-7,10-11H,1-4H3. The fourth-order valence-electron chi connectivity index (χ4n) is 1.91. The van der Waals surface area contributed by atoms with Crippen molar-refractivity contribution in [1.29, 1.82) is 0 Å². The summed E-state index contributed by atoms with van der Waals surface area (Å²) in [5, 5.41) is 0. The summed E-state index contributed by atoms with van der Waals surface area (Å²) in [4.78, 5) is 4.39. The topological polar surface area (TPSA) is 12.9 Å². The summed E-state index contributed by atoms with van der Waals surface area (Å²) in [7, 11) is 0. The van der Waals surface area contributed by atoms with E-state index in [-0.39, 0.29) is 0 Å². The minimum absolute atomic E-state index is 0.827. The van der Waals surface area contributed by atoms with Gasteiger partial charge in [-0.1, -0.05) is 18.1 Å². The number of aryl methyl sites for hydroxylation is 3. The highest BCUT2D eigenvalue weighted by Crippen LogP contribution is 2.14. The van der Waals surface area contributed by atoms with E-state index in [0.29, 0.717) is 0 Å². The lowest BCUT2D eigenvalue weighted by molar-refractivity contribution is 1.18. The van der Waals surface area contributed by atoms with Crippen molar-refractivity contribution in [3.05, 3.63) is 64.0 Å². The third-order valence-electron chi connectivity index (χ3n) is 3.03.